The lowest BCUT2D eigenvalue weighted by Crippen LogP contribution is -2.14. The summed E-state index contributed by atoms with van der Waals surface area (Å²) in [5.41, 5.74) is 1.08. The van der Waals surface area contributed by atoms with Crippen LogP contribution in [0.4, 0.5) is 10.1 Å². The molecule has 2 N–H and O–H groups in total. The van der Waals surface area contributed by atoms with Crippen LogP contribution in [0.15, 0.2) is 86.9 Å². The summed E-state index contributed by atoms with van der Waals surface area (Å²) in [7, 11) is -2.90. The Morgan fingerprint density at radius 2 is 1.76 bits per heavy atom. The van der Waals surface area contributed by atoms with E-state index in [9.17, 15) is 17.9 Å². The van der Waals surface area contributed by atoms with Crippen molar-refractivity contribution in [1.82, 2.24) is 4.98 Å². The largest absolute Gasteiger partial charge is 0.506 e. The minimum absolute atomic E-state index is 0.0149. The number of thiazole rings is 1. The molecule has 0 spiro atoms. The van der Waals surface area contributed by atoms with Crippen molar-refractivity contribution in [3.63, 3.8) is 0 Å². The zero-order chi connectivity index (χ0) is 23.9. The maximum Gasteiger partial charge on any atom is 0.265 e. The van der Waals surface area contributed by atoms with Crippen molar-refractivity contribution in [1.29, 1.82) is 0 Å². The number of aromatic hydroxyl groups is 1. The number of rotatable bonds is 6. The lowest BCUT2D eigenvalue weighted by molar-refractivity contribution is 0.401. The van der Waals surface area contributed by atoms with E-state index in [1.165, 1.54) is 36.3 Å². The fraction of sp³-hybridized carbons (Fsp3) is 0.0417. The predicted octanol–water partition coefficient (Wildman–Crippen LogP) is 6.25. The van der Waals surface area contributed by atoms with Gasteiger partial charge in [0.2, 0.25) is 0 Å². The third-order valence-electron chi connectivity index (χ3n) is 5.11. The van der Waals surface area contributed by atoms with Crippen LogP contribution in [0.25, 0.3) is 21.0 Å². The zero-order valence-corrected chi connectivity index (χ0v) is 20.1. The molecule has 1 heterocycles. The SMILES string of the molecule is COc1ccc(F)cc1S(=O)(=O)Nc1cc(Sc2nc3ccccc3s2)c(O)c2ccccc12. The topological polar surface area (TPSA) is 88.5 Å². The van der Waals surface area contributed by atoms with Gasteiger partial charge in [-0.25, -0.2) is 17.8 Å². The molecule has 0 aliphatic rings. The average molecular weight is 513 g/mol. The molecule has 34 heavy (non-hydrogen) atoms. The number of aromatic nitrogens is 1. The van der Waals surface area contributed by atoms with Crippen LogP contribution in [0.3, 0.4) is 0 Å². The van der Waals surface area contributed by atoms with Crippen LogP contribution in [-0.4, -0.2) is 25.6 Å². The Morgan fingerprint density at radius 1 is 1.03 bits per heavy atom. The molecular formula is C24H17FN2O4S3. The number of sulfonamides is 1. The molecule has 172 valence electrons. The van der Waals surface area contributed by atoms with Crippen molar-refractivity contribution >= 4 is 59.8 Å². The van der Waals surface area contributed by atoms with Gasteiger partial charge in [-0.3, -0.25) is 4.72 Å². The summed E-state index contributed by atoms with van der Waals surface area (Å²) in [6, 6.07) is 19.4. The van der Waals surface area contributed by atoms with Gasteiger partial charge < -0.3 is 9.84 Å². The van der Waals surface area contributed by atoms with Gasteiger partial charge in [-0.15, -0.1) is 11.3 Å². The Balaban J connectivity index is 1.61. The molecule has 1 aromatic heterocycles. The van der Waals surface area contributed by atoms with Gasteiger partial charge in [0.1, 0.15) is 22.2 Å². The number of phenols is 1. The number of fused-ring (bicyclic) bond motifs is 2. The number of benzene rings is 4. The Hall–Kier alpha value is -3.34. The van der Waals surface area contributed by atoms with Gasteiger partial charge in [-0.05, 0) is 36.4 Å². The minimum Gasteiger partial charge on any atom is -0.506 e. The highest BCUT2D eigenvalue weighted by Crippen LogP contribution is 2.44. The fourth-order valence-corrected chi connectivity index (χ4v) is 6.92. The number of hydrogen-bond donors (Lipinski definition) is 2. The second kappa shape index (κ2) is 8.79. The summed E-state index contributed by atoms with van der Waals surface area (Å²) in [5, 5.41) is 11.9. The van der Waals surface area contributed by atoms with Crippen LogP contribution in [0.5, 0.6) is 11.5 Å². The third-order valence-corrected chi connectivity index (χ3v) is 8.63. The Bertz CT molecular complexity index is 1620. The van der Waals surface area contributed by atoms with E-state index in [2.05, 4.69) is 9.71 Å². The molecular weight excluding hydrogens is 495 g/mol. The van der Waals surface area contributed by atoms with Crippen molar-refractivity contribution in [2.24, 2.45) is 0 Å². The van der Waals surface area contributed by atoms with Crippen LogP contribution in [0, 0.1) is 5.82 Å². The molecule has 0 saturated carbocycles. The number of nitrogens with zero attached hydrogens (tertiary/aromatic N) is 1. The van der Waals surface area contributed by atoms with E-state index in [0.717, 1.165) is 22.3 Å². The number of methoxy groups -OCH3 is 1. The fourth-order valence-electron chi connectivity index (χ4n) is 3.55. The highest BCUT2D eigenvalue weighted by Gasteiger charge is 2.23. The van der Waals surface area contributed by atoms with Gasteiger partial charge in [-0.1, -0.05) is 48.2 Å². The number of nitrogens with one attached hydrogen (secondary N) is 1. The lowest BCUT2D eigenvalue weighted by atomic mass is 10.1. The molecule has 6 nitrogen and oxygen atoms in total. The van der Waals surface area contributed by atoms with E-state index in [4.69, 9.17) is 4.74 Å². The van der Waals surface area contributed by atoms with E-state index in [1.54, 1.807) is 30.3 Å². The highest BCUT2D eigenvalue weighted by atomic mass is 32.2. The van der Waals surface area contributed by atoms with Gasteiger partial charge in [0.15, 0.2) is 4.34 Å². The molecule has 0 atom stereocenters. The molecule has 0 amide bonds. The molecule has 0 aliphatic heterocycles. The maximum atomic E-state index is 13.9. The quantitative estimate of drug-likeness (QED) is 0.261. The molecule has 0 aliphatic carbocycles. The molecule has 0 fully saturated rings. The first-order valence-electron chi connectivity index (χ1n) is 10.0. The summed E-state index contributed by atoms with van der Waals surface area (Å²) in [4.78, 5) is 4.69. The molecule has 0 radical (unpaired) electrons. The molecule has 0 bridgehead atoms. The van der Waals surface area contributed by atoms with E-state index in [-0.39, 0.29) is 22.1 Å². The standard InChI is InChI=1S/C24H17FN2O4S3/c1-31-19-11-10-14(25)12-22(19)34(29,30)27-18-13-21(23(28)16-7-3-2-6-15(16)18)33-24-26-17-8-4-5-9-20(17)32-24/h2-13,27-28H,1H3. The van der Waals surface area contributed by atoms with Crippen molar-refractivity contribution in [3.05, 3.63) is 78.6 Å². The number of halogens is 1. The van der Waals surface area contributed by atoms with Crippen LogP contribution in [-0.2, 0) is 10.0 Å². The Morgan fingerprint density at radius 3 is 2.53 bits per heavy atom. The number of anilines is 1. The summed E-state index contributed by atoms with van der Waals surface area (Å²) in [5.74, 6) is -0.670. The summed E-state index contributed by atoms with van der Waals surface area (Å²) in [6.45, 7) is 0. The third kappa shape index (κ3) is 4.15. The van der Waals surface area contributed by atoms with E-state index in [0.29, 0.717) is 20.0 Å². The van der Waals surface area contributed by atoms with Crippen molar-refractivity contribution in [3.8, 4) is 11.5 Å². The first-order chi connectivity index (χ1) is 16.4. The summed E-state index contributed by atoms with van der Waals surface area (Å²) in [6.07, 6.45) is 0. The Labute approximate surface area is 203 Å². The molecule has 0 unspecified atom stereocenters. The molecule has 4 aromatic carbocycles. The smallest absolute Gasteiger partial charge is 0.265 e. The van der Waals surface area contributed by atoms with E-state index in [1.807, 2.05) is 24.3 Å². The lowest BCUT2D eigenvalue weighted by Gasteiger charge is -2.15. The van der Waals surface area contributed by atoms with Crippen LogP contribution < -0.4 is 9.46 Å². The van der Waals surface area contributed by atoms with Crippen LogP contribution in [0.2, 0.25) is 0 Å². The molecule has 5 rings (SSSR count). The molecule has 0 saturated heterocycles. The number of ether oxygens (including phenoxy) is 1. The first kappa shape index (κ1) is 22.5. The van der Waals surface area contributed by atoms with Crippen LogP contribution >= 0.6 is 23.1 Å². The van der Waals surface area contributed by atoms with Gasteiger partial charge in [0, 0.05) is 10.8 Å². The second-order valence-corrected chi connectivity index (χ2v) is 11.2. The summed E-state index contributed by atoms with van der Waals surface area (Å²) < 4.78 is 49.7. The van der Waals surface area contributed by atoms with E-state index >= 15 is 0 Å². The Kier molecular flexibility index (Phi) is 5.80. The van der Waals surface area contributed by atoms with Gasteiger partial charge in [-0.2, -0.15) is 0 Å². The van der Waals surface area contributed by atoms with Gasteiger partial charge >= 0.3 is 0 Å². The van der Waals surface area contributed by atoms with Gasteiger partial charge in [0.25, 0.3) is 10.0 Å². The normalized spacial score (nSPS) is 11.7. The highest BCUT2D eigenvalue weighted by molar-refractivity contribution is 8.01. The first-order valence-corrected chi connectivity index (χ1v) is 13.1. The maximum absolute atomic E-state index is 13.9. The minimum atomic E-state index is -4.21. The number of hydrogen-bond acceptors (Lipinski definition) is 7. The van der Waals surface area contributed by atoms with Crippen molar-refractivity contribution in [2.75, 3.05) is 11.8 Å². The monoisotopic (exact) mass is 512 g/mol. The summed E-state index contributed by atoms with van der Waals surface area (Å²) >= 11 is 2.71. The van der Waals surface area contributed by atoms with E-state index < -0.39 is 15.8 Å². The van der Waals surface area contributed by atoms with Crippen molar-refractivity contribution in [2.45, 2.75) is 14.1 Å². The number of phenolic OH excluding ortho intramolecular Hbond substituents is 1. The molecule has 5 aromatic rings. The predicted molar refractivity (Wildman–Crippen MR) is 133 cm³/mol. The molecule has 10 heteroatoms. The second-order valence-electron chi connectivity index (χ2n) is 7.27. The van der Waals surface area contributed by atoms with Crippen molar-refractivity contribution < 1.29 is 22.7 Å². The number of para-hydroxylation sites is 1. The average Bonchev–Trinajstić information content (AvgIpc) is 3.24. The van der Waals surface area contributed by atoms with Crippen LogP contribution in [0.1, 0.15) is 0 Å². The zero-order valence-electron chi connectivity index (χ0n) is 17.7. The van der Waals surface area contributed by atoms with Gasteiger partial charge in [0.05, 0.1) is 27.9 Å².